The van der Waals surface area contributed by atoms with Crippen molar-refractivity contribution in [3.8, 4) is 11.5 Å². The third kappa shape index (κ3) is 4.72. The van der Waals surface area contributed by atoms with Crippen LogP contribution < -0.4 is 29.6 Å². The average molecular weight is 386 g/mol. The molecule has 0 unspecified atom stereocenters. The van der Waals surface area contributed by atoms with Gasteiger partial charge in [0.25, 0.3) is 11.7 Å². The first-order chi connectivity index (χ1) is 13.6. The second kappa shape index (κ2) is 9.41. The largest absolute Gasteiger partial charge is 0.493 e. The number of carbonyl (C=O) groups excluding carboxylic acids is 1. The number of amides is 1. The number of methoxy groups -OCH3 is 2. The summed E-state index contributed by atoms with van der Waals surface area (Å²) in [5.74, 6) is 2.56. The summed E-state index contributed by atoms with van der Waals surface area (Å²) in [6, 6.07) is 11.7. The quantitative estimate of drug-likeness (QED) is 0.699. The molecule has 3 rings (SSSR count). The van der Waals surface area contributed by atoms with Gasteiger partial charge in [0.1, 0.15) is 26.2 Å². The fourth-order valence-corrected chi connectivity index (χ4v) is 3.57. The molecule has 0 radical (unpaired) electrons. The molecular formula is C21H30N4O3+2. The SMILES string of the molecule is COc1ccc(CNC(=O)[C@@H](C)[NH+]2CCN(c3cccc[nH+]3)CC2)cc1OC. The van der Waals surface area contributed by atoms with E-state index in [1.165, 1.54) is 4.90 Å². The monoisotopic (exact) mass is 386 g/mol. The standard InChI is InChI=1S/C21H28N4O3/c1-16(24-10-12-25(13-11-24)20-6-4-5-9-22-20)21(26)23-15-17-7-8-18(27-2)19(14-17)28-3/h4-9,14,16H,10-13,15H2,1-3H3,(H,23,26)/p+2/t16-/m1/s1. The van der Waals surface area contributed by atoms with Gasteiger partial charge >= 0.3 is 0 Å². The van der Waals surface area contributed by atoms with E-state index in [-0.39, 0.29) is 11.9 Å². The predicted molar refractivity (Wildman–Crippen MR) is 107 cm³/mol. The van der Waals surface area contributed by atoms with E-state index in [1.807, 2.05) is 43.5 Å². The number of rotatable bonds is 7. The Kier molecular flexibility index (Phi) is 6.71. The molecule has 0 saturated carbocycles. The smallest absolute Gasteiger partial charge is 0.278 e. The van der Waals surface area contributed by atoms with Crippen molar-refractivity contribution in [3.63, 3.8) is 0 Å². The van der Waals surface area contributed by atoms with E-state index in [9.17, 15) is 4.79 Å². The second-order valence-corrected chi connectivity index (χ2v) is 7.02. The van der Waals surface area contributed by atoms with Gasteiger partial charge in [-0.15, -0.1) is 0 Å². The Morgan fingerprint density at radius 2 is 1.93 bits per heavy atom. The number of aromatic nitrogens is 1. The number of benzene rings is 1. The van der Waals surface area contributed by atoms with Gasteiger partial charge in [-0.2, -0.15) is 0 Å². The molecule has 1 aromatic heterocycles. The van der Waals surface area contributed by atoms with Crippen LogP contribution >= 0.6 is 0 Å². The Morgan fingerprint density at radius 1 is 1.18 bits per heavy atom. The normalized spacial score (nSPS) is 15.8. The summed E-state index contributed by atoms with van der Waals surface area (Å²) >= 11 is 0. The van der Waals surface area contributed by atoms with Crippen LogP contribution in [0.2, 0.25) is 0 Å². The number of nitrogens with one attached hydrogen (secondary N) is 3. The summed E-state index contributed by atoms with van der Waals surface area (Å²) in [5.41, 5.74) is 0.984. The van der Waals surface area contributed by atoms with E-state index >= 15 is 0 Å². The third-order valence-electron chi connectivity index (χ3n) is 5.36. The van der Waals surface area contributed by atoms with E-state index < -0.39 is 0 Å². The Balaban J connectivity index is 1.50. The highest BCUT2D eigenvalue weighted by molar-refractivity contribution is 5.79. The zero-order valence-electron chi connectivity index (χ0n) is 16.8. The molecule has 1 atom stereocenters. The van der Waals surface area contributed by atoms with Gasteiger partial charge in [-0.1, -0.05) is 12.1 Å². The number of aromatic amines is 1. The second-order valence-electron chi connectivity index (χ2n) is 7.02. The highest BCUT2D eigenvalue weighted by Gasteiger charge is 2.32. The van der Waals surface area contributed by atoms with E-state index in [0.29, 0.717) is 18.0 Å². The first-order valence-corrected chi connectivity index (χ1v) is 9.67. The maximum absolute atomic E-state index is 12.6. The van der Waals surface area contributed by atoms with Gasteiger partial charge in [0.2, 0.25) is 0 Å². The molecule has 150 valence electrons. The van der Waals surface area contributed by atoms with E-state index in [4.69, 9.17) is 9.47 Å². The summed E-state index contributed by atoms with van der Waals surface area (Å²) in [6.45, 7) is 6.22. The van der Waals surface area contributed by atoms with Gasteiger partial charge < -0.3 is 19.7 Å². The number of H-pyrrole nitrogens is 1. The fraction of sp³-hybridized carbons (Fsp3) is 0.429. The first-order valence-electron chi connectivity index (χ1n) is 9.67. The molecule has 3 N–H and O–H groups in total. The molecule has 1 aromatic carbocycles. The van der Waals surface area contributed by atoms with Crippen LogP contribution in [0.25, 0.3) is 0 Å². The number of carbonyl (C=O) groups is 1. The summed E-state index contributed by atoms with van der Waals surface area (Å²) in [6.07, 6.45) is 1.94. The minimum absolute atomic E-state index is 0.0736. The van der Waals surface area contributed by atoms with Crippen molar-refractivity contribution < 1.29 is 24.2 Å². The van der Waals surface area contributed by atoms with Gasteiger partial charge in [-0.25, -0.2) is 4.98 Å². The highest BCUT2D eigenvalue weighted by atomic mass is 16.5. The van der Waals surface area contributed by atoms with Crippen molar-refractivity contribution in [3.05, 3.63) is 48.2 Å². The molecule has 28 heavy (non-hydrogen) atoms. The lowest BCUT2D eigenvalue weighted by atomic mass is 10.1. The number of quaternary nitrogens is 1. The lowest BCUT2D eigenvalue weighted by Gasteiger charge is -2.31. The fourth-order valence-electron chi connectivity index (χ4n) is 3.57. The summed E-state index contributed by atoms with van der Waals surface area (Å²) in [7, 11) is 3.22. The van der Waals surface area contributed by atoms with Crippen LogP contribution in [0.3, 0.4) is 0 Å². The molecule has 7 nitrogen and oxygen atoms in total. The molecule has 2 heterocycles. The Bertz CT molecular complexity index is 776. The van der Waals surface area contributed by atoms with Crippen LogP contribution in [-0.4, -0.2) is 52.3 Å². The number of pyridine rings is 1. The zero-order chi connectivity index (χ0) is 19.9. The van der Waals surface area contributed by atoms with Crippen molar-refractivity contribution in [1.82, 2.24) is 5.32 Å². The molecule has 1 saturated heterocycles. The summed E-state index contributed by atoms with van der Waals surface area (Å²) in [4.78, 5) is 19.6. The van der Waals surface area contributed by atoms with Crippen LogP contribution in [0.4, 0.5) is 5.82 Å². The molecule has 1 amide bonds. The average Bonchev–Trinajstić information content (AvgIpc) is 2.77. The lowest BCUT2D eigenvalue weighted by Crippen LogP contribution is -3.19. The summed E-state index contributed by atoms with van der Waals surface area (Å²) < 4.78 is 10.6. The van der Waals surface area contributed by atoms with Gasteiger partial charge in [0.05, 0.1) is 20.4 Å². The first kappa shape index (κ1) is 19.9. The van der Waals surface area contributed by atoms with Gasteiger partial charge in [-0.3, -0.25) is 9.69 Å². The number of hydrogen-bond donors (Lipinski definition) is 2. The third-order valence-corrected chi connectivity index (χ3v) is 5.36. The van der Waals surface area contributed by atoms with E-state index in [2.05, 4.69) is 21.3 Å². The van der Waals surface area contributed by atoms with Crippen LogP contribution in [0.15, 0.2) is 42.6 Å². The molecule has 0 spiro atoms. The maximum Gasteiger partial charge on any atom is 0.278 e. The highest BCUT2D eigenvalue weighted by Crippen LogP contribution is 2.27. The molecular weight excluding hydrogens is 356 g/mol. The van der Waals surface area contributed by atoms with Crippen molar-refractivity contribution >= 4 is 11.7 Å². The number of hydrogen-bond acceptors (Lipinski definition) is 4. The molecule has 1 fully saturated rings. The minimum atomic E-state index is -0.0814. The van der Waals surface area contributed by atoms with Gasteiger partial charge in [0, 0.05) is 12.6 Å². The Hall–Kier alpha value is -2.80. The van der Waals surface area contributed by atoms with Crippen LogP contribution in [0.1, 0.15) is 12.5 Å². The van der Waals surface area contributed by atoms with Crippen LogP contribution in [0.5, 0.6) is 11.5 Å². The topological polar surface area (TPSA) is 69.4 Å². The van der Waals surface area contributed by atoms with Crippen molar-refractivity contribution in [2.45, 2.75) is 19.5 Å². The van der Waals surface area contributed by atoms with Crippen molar-refractivity contribution in [2.75, 3.05) is 45.3 Å². The number of ether oxygens (including phenoxy) is 2. The van der Waals surface area contributed by atoms with Crippen molar-refractivity contribution in [1.29, 1.82) is 0 Å². The molecule has 0 bridgehead atoms. The zero-order valence-corrected chi connectivity index (χ0v) is 16.8. The summed E-state index contributed by atoms with van der Waals surface area (Å²) in [5, 5.41) is 3.05. The maximum atomic E-state index is 12.6. The van der Waals surface area contributed by atoms with Crippen molar-refractivity contribution in [2.24, 2.45) is 0 Å². The molecule has 2 aromatic rings. The molecule has 0 aliphatic carbocycles. The van der Waals surface area contributed by atoms with Crippen LogP contribution in [0, 0.1) is 0 Å². The molecule has 1 aliphatic heterocycles. The number of nitrogens with zero attached hydrogens (tertiary/aromatic N) is 1. The number of anilines is 1. The predicted octanol–water partition coefficient (Wildman–Crippen LogP) is -0.0723. The molecule has 7 heteroatoms. The Labute approximate surface area is 166 Å². The number of piperazine rings is 1. The van der Waals surface area contributed by atoms with Gasteiger partial charge in [-0.05, 0) is 30.7 Å². The van der Waals surface area contributed by atoms with Crippen LogP contribution in [-0.2, 0) is 11.3 Å². The van der Waals surface area contributed by atoms with Gasteiger partial charge in [0.15, 0.2) is 17.5 Å². The minimum Gasteiger partial charge on any atom is -0.493 e. The van der Waals surface area contributed by atoms with E-state index in [1.54, 1.807) is 14.2 Å². The Morgan fingerprint density at radius 3 is 2.57 bits per heavy atom. The van der Waals surface area contributed by atoms with E-state index in [0.717, 1.165) is 37.6 Å². The lowest BCUT2D eigenvalue weighted by molar-refractivity contribution is -0.914. The molecule has 1 aliphatic rings.